The summed E-state index contributed by atoms with van der Waals surface area (Å²) in [5.41, 5.74) is 2.18. The molecular weight excluding hydrogens is 266 g/mol. The van der Waals surface area contributed by atoms with E-state index in [1.165, 1.54) is 0 Å². The van der Waals surface area contributed by atoms with Crippen LogP contribution in [-0.2, 0) is 0 Å². The van der Waals surface area contributed by atoms with Crippen LogP contribution in [-0.4, -0.2) is 31.0 Å². The number of benzene rings is 1. The van der Waals surface area contributed by atoms with Crippen molar-refractivity contribution in [3.8, 4) is 11.5 Å². The highest BCUT2D eigenvalue weighted by Crippen LogP contribution is 2.31. The Balaban J connectivity index is 2.36. The molecule has 1 unspecified atom stereocenters. The fraction of sp³-hybridized carbons (Fsp3) is 0.375. The summed E-state index contributed by atoms with van der Waals surface area (Å²) in [6.45, 7) is 3.06. The highest BCUT2D eigenvalue weighted by molar-refractivity contribution is 5.45. The van der Waals surface area contributed by atoms with Crippen LogP contribution in [0.15, 0.2) is 36.7 Å². The van der Waals surface area contributed by atoms with Gasteiger partial charge in [0.15, 0.2) is 11.5 Å². The summed E-state index contributed by atoms with van der Waals surface area (Å²) in [6.07, 6.45) is 4.54. The summed E-state index contributed by atoms with van der Waals surface area (Å²) in [5.74, 6) is 1.45. The number of ether oxygens (including phenoxy) is 2. The van der Waals surface area contributed by atoms with Gasteiger partial charge in [0, 0.05) is 6.20 Å². The van der Waals surface area contributed by atoms with E-state index in [2.05, 4.69) is 22.4 Å². The lowest BCUT2D eigenvalue weighted by Gasteiger charge is -2.20. The molecule has 0 amide bonds. The normalized spacial score (nSPS) is 12.0. The Morgan fingerprint density at radius 1 is 1.05 bits per heavy atom. The molecule has 5 nitrogen and oxygen atoms in total. The van der Waals surface area contributed by atoms with Crippen LogP contribution >= 0.6 is 0 Å². The predicted molar refractivity (Wildman–Crippen MR) is 81.7 cm³/mol. The quantitative estimate of drug-likeness (QED) is 0.848. The van der Waals surface area contributed by atoms with Gasteiger partial charge in [0.2, 0.25) is 0 Å². The summed E-state index contributed by atoms with van der Waals surface area (Å²) < 4.78 is 10.7. The largest absolute Gasteiger partial charge is 0.493 e. The Bertz CT molecular complexity index is 561. The molecule has 0 spiro atoms. The molecule has 0 aliphatic rings. The van der Waals surface area contributed by atoms with E-state index in [0.29, 0.717) is 0 Å². The molecule has 1 atom stereocenters. The maximum absolute atomic E-state index is 5.39. The zero-order valence-corrected chi connectivity index (χ0v) is 12.7. The lowest BCUT2D eigenvalue weighted by Crippen LogP contribution is -2.23. The highest BCUT2D eigenvalue weighted by atomic mass is 16.5. The van der Waals surface area contributed by atoms with Crippen LogP contribution in [0.3, 0.4) is 0 Å². The zero-order chi connectivity index (χ0) is 15.1. The maximum atomic E-state index is 5.39. The molecule has 0 fully saturated rings. The molecule has 0 saturated carbocycles. The minimum atomic E-state index is 0.0558. The summed E-state index contributed by atoms with van der Waals surface area (Å²) in [5, 5.41) is 11.3. The smallest absolute Gasteiger partial charge is 0.161 e. The van der Waals surface area contributed by atoms with Gasteiger partial charge in [0.05, 0.1) is 26.5 Å². The molecule has 0 saturated heterocycles. The van der Waals surface area contributed by atoms with E-state index in [-0.39, 0.29) is 6.04 Å². The monoisotopic (exact) mass is 287 g/mol. The molecule has 2 rings (SSSR count). The Morgan fingerprint density at radius 2 is 1.86 bits per heavy atom. The first-order valence-electron chi connectivity index (χ1n) is 7.02. The summed E-state index contributed by atoms with van der Waals surface area (Å²) in [7, 11) is 3.28. The van der Waals surface area contributed by atoms with Gasteiger partial charge in [-0.15, -0.1) is 0 Å². The molecule has 0 bridgehead atoms. The van der Waals surface area contributed by atoms with Gasteiger partial charge in [-0.1, -0.05) is 13.0 Å². The molecule has 1 aromatic heterocycles. The lowest BCUT2D eigenvalue weighted by molar-refractivity contribution is 0.354. The minimum Gasteiger partial charge on any atom is -0.493 e. The van der Waals surface area contributed by atoms with E-state index in [9.17, 15) is 0 Å². The van der Waals surface area contributed by atoms with Gasteiger partial charge in [-0.3, -0.25) is 0 Å². The molecule has 2 aromatic rings. The standard InChI is InChI=1S/C16H21N3O2/c1-4-8-17-16(13-7-9-18-19-11-13)12-5-6-14(20-2)15(10-12)21-3/h5-7,9-11,16-17H,4,8H2,1-3H3. The van der Waals surface area contributed by atoms with E-state index in [0.717, 1.165) is 35.6 Å². The SMILES string of the molecule is CCCNC(c1ccnnc1)c1ccc(OC)c(OC)c1. The Hall–Kier alpha value is -2.14. The second-order valence-corrected chi connectivity index (χ2v) is 4.68. The molecule has 1 N–H and O–H groups in total. The van der Waals surface area contributed by atoms with Crippen molar-refractivity contribution in [3.63, 3.8) is 0 Å². The number of aromatic nitrogens is 2. The molecule has 0 aliphatic heterocycles. The number of methoxy groups -OCH3 is 2. The van der Waals surface area contributed by atoms with Crippen LogP contribution in [0.1, 0.15) is 30.5 Å². The van der Waals surface area contributed by atoms with E-state index >= 15 is 0 Å². The summed E-state index contributed by atoms with van der Waals surface area (Å²) >= 11 is 0. The van der Waals surface area contributed by atoms with E-state index < -0.39 is 0 Å². The molecule has 1 aromatic carbocycles. The first kappa shape index (κ1) is 15.3. The highest BCUT2D eigenvalue weighted by Gasteiger charge is 2.16. The van der Waals surface area contributed by atoms with Crippen LogP contribution in [0.4, 0.5) is 0 Å². The van der Waals surface area contributed by atoms with E-state index in [1.807, 2.05) is 24.3 Å². The molecule has 5 heteroatoms. The van der Waals surface area contributed by atoms with Gasteiger partial charge >= 0.3 is 0 Å². The van der Waals surface area contributed by atoms with Gasteiger partial charge < -0.3 is 14.8 Å². The van der Waals surface area contributed by atoms with Crippen molar-refractivity contribution in [2.75, 3.05) is 20.8 Å². The molecule has 0 radical (unpaired) electrons. The topological polar surface area (TPSA) is 56.3 Å². The van der Waals surface area contributed by atoms with Gasteiger partial charge in [-0.05, 0) is 42.3 Å². The van der Waals surface area contributed by atoms with Crippen molar-refractivity contribution >= 4 is 0 Å². The Kier molecular flexibility index (Phi) is 5.51. The fourth-order valence-corrected chi connectivity index (χ4v) is 2.22. The van der Waals surface area contributed by atoms with Crippen molar-refractivity contribution in [1.82, 2.24) is 15.5 Å². The molecular formula is C16H21N3O2. The summed E-state index contributed by atoms with van der Waals surface area (Å²) in [4.78, 5) is 0. The molecule has 0 aliphatic carbocycles. The van der Waals surface area contributed by atoms with E-state index in [4.69, 9.17) is 9.47 Å². The van der Waals surface area contributed by atoms with E-state index in [1.54, 1.807) is 26.6 Å². The minimum absolute atomic E-state index is 0.0558. The number of hydrogen-bond acceptors (Lipinski definition) is 5. The van der Waals surface area contributed by atoms with Crippen LogP contribution in [0.2, 0.25) is 0 Å². The third-order valence-corrected chi connectivity index (χ3v) is 3.28. The van der Waals surface area contributed by atoms with Gasteiger partial charge in [0.1, 0.15) is 0 Å². The Morgan fingerprint density at radius 3 is 2.48 bits per heavy atom. The average Bonchev–Trinajstić information content (AvgIpc) is 2.56. The van der Waals surface area contributed by atoms with Gasteiger partial charge in [0.25, 0.3) is 0 Å². The van der Waals surface area contributed by atoms with Crippen LogP contribution in [0.25, 0.3) is 0 Å². The van der Waals surface area contributed by atoms with Gasteiger partial charge in [-0.25, -0.2) is 0 Å². The molecule has 1 heterocycles. The van der Waals surface area contributed by atoms with Crippen molar-refractivity contribution in [2.45, 2.75) is 19.4 Å². The van der Waals surface area contributed by atoms with Crippen molar-refractivity contribution in [1.29, 1.82) is 0 Å². The molecule has 112 valence electrons. The second-order valence-electron chi connectivity index (χ2n) is 4.68. The van der Waals surface area contributed by atoms with Crippen LogP contribution in [0, 0.1) is 0 Å². The first-order valence-corrected chi connectivity index (χ1v) is 7.02. The third kappa shape index (κ3) is 3.70. The summed E-state index contributed by atoms with van der Waals surface area (Å²) in [6, 6.07) is 7.97. The Labute approximate surface area is 125 Å². The average molecular weight is 287 g/mol. The van der Waals surface area contributed by atoms with Crippen LogP contribution in [0.5, 0.6) is 11.5 Å². The van der Waals surface area contributed by atoms with Gasteiger partial charge in [-0.2, -0.15) is 10.2 Å². The number of rotatable bonds is 7. The zero-order valence-electron chi connectivity index (χ0n) is 12.7. The predicted octanol–water partition coefficient (Wildman–Crippen LogP) is 2.58. The fourth-order valence-electron chi connectivity index (χ4n) is 2.22. The second kappa shape index (κ2) is 7.59. The number of nitrogens with one attached hydrogen (secondary N) is 1. The lowest BCUT2D eigenvalue weighted by atomic mass is 10.00. The maximum Gasteiger partial charge on any atom is 0.161 e. The van der Waals surface area contributed by atoms with Crippen molar-refractivity contribution in [2.24, 2.45) is 0 Å². The van der Waals surface area contributed by atoms with Crippen molar-refractivity contribution in [3.05, 3.63) is 47.8 Å². The van der Waals surface area contributed by atoms with Crippen LogP contribution < -0.4 is 14.8 Å². The number of nitrogens with zero attached hydrogens (tertiary/aromatic N) is 2. The number of hydrogen-bond donors (Lipinski definition) is 1. The third-order valence-electron chi connectivity index (χ3n) is 3.28. The van der Waals surface area contributed by atoms with Crippen molar-refractivity contribution < 1.29 is 9.47 Å². The molecule has 21 heavy (non-hydrogen) atoms. The first-order chi connectivity index (χ1) is 10.3.